The Balaban J connectivity index is 2.10. The fourth-order valence-corrected chi connectivity index (χ4v) is 3.99. The minimum absolute atomic E-state index is 0.166. The predicted molar refractivity (Wildman–Crippen MR) is 124 cm³/mol. The highest BCUT2D eigenvalue weighted by Gasteiger charge is 2.38. The van der Waals surface area contributed by atoms with Gasteiger partial charge in [-0.1, -0.05) is 104 Å². The molecule has 4 heteroatoms. The molecule has 0 saturated heterocycles. The molecule has 3 rings (SSSR count). The van der Waals surface area contributed by atoms with E-state index in [1.807, 2.05) is 61.5 Å². The summed E-state index contributed by atoms with van der Waals surface area (Å²) in [6.07, 6.45) is 0.718. The van der Waals surface area contributed by atoms with Crippen LogP contribution in [-0.2, 0) is 15.1 Å². The van der Waals surface area contributed by atoms with E-state index in [-0.39, 0.29) is 12.5 Å². The van der Waals surface area contributed by atoms with E-state index in [2.05, 4.69) is 41.7 Å². The van der Waals surface area contributed by atoms with E-state index < -0.39 is 17.7 Å². The molecule has 2 atom stereocenters. The number of hydrogen-bond donors (Lipinski definition) is 2. The molecule has 0 aliphatic rings. The average Bonchev–Trinajstić information content (AvgIpc) is 2.81. The molecule has 31 heavy (non-hydrogen) atoms. The van der Waals surface area contributed by atoms with Gasteiger partial charge in [0, 0.05) is 6.92 Å². The number of carbonyl (C=O) groups is 1. The SMILES string of the molecule is CCC[C@@H](O)[C@H](COC(c1ccccc1)(c1ccccc1)c1ccccc1)NC(C)=O. The Morgan fingerprint density at radius 3 is 1.65 bits per heavy atom. The molecule has 0 saturated carbocycles. The van der Waals surface area contributed by atoms with Crippen LogP contribution in [0.5, 0.6) is 0 Å². The molecule has 0 fully saturated rings. The molecule has 0 aliphatic heterocycles. The molecule has 4 nitrogen and oxygen atoms in total. The lowest BCUT2D eigenvalue weighted by molar-refractivity contribution is -0.122. The zero-order valence-corrected chi connectivity index (χ0v) is 18.2. The standard InChI is InChI=1S/C27H31NO3/c1-3-13-26(30)25(28-21(2)29)20-31-27(22-14-7-4-8-15-22,23-16-9-5-10-17-23)24-18-11-6-12-19-24/h4-12,14-19,25-26,30H,3,13,20H2,1-2H3,(H,28,29)/t25-,26+/m0/s1. The van der Waals surface area contributed by atoms with E-state index in [4.69, 9.17) is 4.74 Å². The smallest absolute Gasteiger partial charge is 0.217 e. The predicted octanol–water partition coefficient (Wildman–Crippen LogP) is 4.66. The number of rotatable bonds is 10. The van der Waals surface area contributed by atoms with E-state index in [9.17, 15) is 9.90 Å². The molecule has 3 aromatic carbocycles. The molecular formula is C27H31NO3. The van der Waals surface area contributed by atoms with Crippen LogP contribution in [0.2, 0.25) is 0 Å². The zero-order chi connectivity index (χ0) is 22.1. The third-order valence-corrected chi connectivity index (χ3v) is 5.46. The van der Waals surface area contributed by atoms with Crippen molar-refractivity contribution in [2.45, 2.75) is 44.4 Å². The van der Waals surface area contributed by atoms with Gasteiger partial charge in [0.25, 0.3) is 0 Å². The van der Waals surface area contributed by atoms with Crippen LogP contribution in [0.25, 0.3) is 0 Å². The Labute approximate surface area is 184 Å². The first-order chi connectivity index (χ1) is 15.1. The van der Waals surface area contributed by atoms with Crippen LogP contribution >= 0.6 is 0 Å². The van der Waals surface area contributed by atoms with Gasteiger partial charge in [-0.05, 0) is 23.1 Å². The van der Waals surface area contributed by atoms with Crippen molar-refractivity contribution in [3.8, 4) is 0 Å². The van der Waals surface area contributed by atoms with Crippen molar-refractivity contribution in [2.24, 2.45) is 0 Å². The number of benzene rings is 3. The number of hydrogen-bond acceptors (Lipinski definition) is 3. The van der Waals surface area contributed by atoms with Crippen molar-refractivity contribution in [1.82, 2.24) is 5.32 Å². The lowest BCUT2D eigenvalue weighted by Crippen LogP contribution is -2.48. The highest BCUT2D eigenvalue weighted by Crippen LogP contribution is 2.40. The van der Waals surface area contributed by atoms with Gasteiger partial charge in [-0.15, -0.1) is 0 Å². The lowest BCUT2D eigenvalue weighted by atomic mass is 9.80. The second-order valence-corrected chi connectivity index (χ2v) is 7.75. The number of amides is 1. The molecule has 0 unspecified atom stereocenters. The van der Waals surface area contributed by atoms with Crippen LogP contribution < -0.4 is 5.32 Å². The van der Waals surface area contributed by atoms with Crippen molar-refractivity contribution in [3.63, 3.8) is 0 Å². The first-order valence-electron chi connectivity index (χ1n) is 10.8. The molecule has 1 amide bonds. The minimum Gasteiger partial charge on any atom is -0.391 e. The van der Waals surface area contributed by atoms with Gasteiger partial charge < -0.3 is 15.2 Å². The molecule has 0 aliphatic carbocycles. The summed E-state index contributed by atoms with van der Waals surface area (Å²) >= 11 is 0. The maximum Gasteiger partial charge on any atom is 0.217 e. The summed E-state index contributed by atoms with van der Waals surface area (Å²) in [4.78, 5) is 11.8. The van der Waals surface area contributed by atoms with E-state index in [0.717, 1.165) is 23.1 Å². The van der Waals surface area contributed by atoms with Gasteiger partial charge in [-0.25, -0.2) is 0 Å². The first kappa shape index (κ1) is 22.7. The highest BCUT2D eigenvalue weighted by atomic mass is 16.5. The lowest BCUT2D eigenvalue weighted by Gasteiger charge is -2.37. The topological polar surface area (TPSA) is 58.6 Å². The van der Waals surface area contributed by atoms with Crippen molar-refractivity contribution in [3.05, 3.63) is 108 Å². The third kappa shape index (κ3) is 5.40. The number of aliphatic hydroxyl groups is 1. The Morgan fingerprint density at radius 1 is 0.871 bits per heavy atom. The summed E-state index contributed by atoms with van der Waals surface area (Å²) in [7, 11) is 0. The van der Waals surface area contributed by atoms with Crippen LogP contribution in [0.1, 0.15) is 43.4 Å². The van der Waals surface area contributed by atoms with Crippen molar-refractivity contribution in [2.75, 3.05) is 6.61 Å². The zero-order valence-electron chi connectivity index (χ0n) is 18.2. The Hall–Kier alpha value is -2.95. The molecule has 162 valence electrons. The fourth-order valence-electron chi connectivity index (χ4n) is 3.99. The summed E-state index contributed by atoms with van der Waals surface area (Å²) in [6.45, 7) is 3.64. The van der Waals surface area contributed by atoms with Crippen molar-refractivity contribution < 1.29 is 14.6 Å². The number of nitrogens with one attached hydrogen (secondary N) is 1. The van der Waals surface area contributed by atoms with Crippen LogP contribution in [0.3, 0.4) is 0 Å². The van der Waals surface area contributed by atoms with Crippen molar-refractivity contribution >= 4 is 5.91 Å². The molecule has 3 aromatic rings. The van der Waals surface area contributed by atoms with Gasteiger partial charge in [-0.3, -0.25) is 4.79 Å². The van der Waals surface area contributed by atoms with Crippen LogP contribution in [0.4, 0.5) is 0 Å². The van der Waals surface area contributed by atoms with Gasteiger partial charge in [0.1, 0.15) is 5.60 Å². The largest absolute Gasteiger partial charge is 0.391 e. The van der Waals surface area contributed by atoms with Gasteiger partial charge in [-0.2, -0.15) is 0 Å². The molecule has 0 bridgehead atoms. The number of aliphatic hydroxyl groups excluding tert-OH is 1. The second kappa shape index (κ2) is 10.9. The molecule has 0 heterocycles. The molecule has 0 radical (unpaired) electrons. The summed E-state index contributed by atoms with van der Waals surface area (Å²) in [5.41, 5.74) is 2.07. The number of ether oxygens (including phenoxy) is 1. The maximum atomic E-state index is 11.8. The summed E-state index contributed by atoms with van der Waals surface area (Å²) in [5, 5.41) is 13.5. The van der Waals surface area contributed by atoms with E-state index in [1.54, 1.807) is 0 Å². The average molecular weight is 418 g/mol. The van der Waals surface area contributed by atoms with Gasteiger partial charge in [0.05, 0.1) is 18.8 Å². The van der Waals surface area contributed by atoms with Gasteiger partial charge in [0.2, 0.25) is 5.91 Å². The summed E-state index contributed by atoms with van der Waals surface area (Å²) < 4.78 is 6.74. The molecule has 0 aromatic heterocycles. The quantitative estimate of drug-likeness (QED) is 0.472. The van der Waals surface area contributed by atoms with E-state index >= 15 is 0 Å². The molecule has 0 spiro atoms. The monoisotopic (exact) mass is 417 g/mol. The van der Waals surface area contributed by atoms with Crippen LogP contribution in [-0.4, -0.2) is 29.8 Å². The first-order valence-corrected chi connectivity index (χ1v) is 10.8. The number of carbonyl (C=O) groups excluding carboxylic acids is 1. The summed E-state index contributed by atoms with van der Waals surface area (Å²) in [6, 6.07) is 29.7. The van der Waals surface area contributed by atoms with E-state index in [1.165, 1.54) is 6.92 Å². The Bertz CT molecular complexity index is 832. The van der Waals surface area contributed by atoms with Crippen LogP contribution in [0.15, 0.2) is 91.0 Å². The second-order valence-electron chi connectivity index (χ2n) is 7.75. The Kier molecular flexibility index (Phi) is 7.99. The maximum absolute atomic E-state index is 11.8. The van der Waals surface area contributed by atoms with Crippen molar-refractivity contribution in [1.29, 1.82) is 0 Å². The third-order valence-electron chi connectivity index (χ3n) is 5.46. The summed E-state index contributed by atoms with van der Waals surface area (Å²) in [5.74, 6) is -0.187. The Morgan fingerprint density at radius 2 is 1.29 bits per heavy atom. The molecular weight excluding hydrogens is 386 g/mol. The fraction of sp³-hybridized carbons (Fsp3) is 0.296. The van der Waals surface area contributed by atoms with Crippen LogP contribution in [0, 0.1) is 0 Å². The van der Waals surface area contributed by atoms with Gasteiger partial charge in [0.15, 0.2) is 0 Å². The highest BCUT2D eigenvalue weighted by molar-refractivity contribution is 5.73. The van der Waals surface area contributed by atoms with E-state index in [0.29, 0.717) is 6.42 Å². The van der Waals surface area contributed by atoms with Gasteiger partial charge >= 0.3 is 0 Å². The normalized spacial score (nSPS) is 13.4. The minimum atomic E-state index is -0.883. The molecule has 2 N–H and O–H groups in total.